The Hall–Kier alpha value is -2.72. The van der Waals surface area contributed by atoms with Crippen LogP contribution in [0.25, 0.3) is 11.1 Å². The SMILES string of the molecule is Cc1ccc(C2=CC=C(c3ccc(C)c(N)c3N)CC2N)c(N)c1. The minimum Gasteiger partial charge on any atom is -0.398 e. The fraction of sp³-hybridized carbons (Fsp3) is 0.200. The molecular weight excluding hydrogens is 296 g/mol. The summed E-state index contributed by atoms with van der Waals surface area (Å²) >= 11 is 0. The molecule has 8 N–H and O–H groups in total. The van der Waals surface area contributed by atoms with Crippen LogP contribution in [0, 0.1) is 13.8 Å². The molecule has 0 amide bonds. The van der Waals surface area contributed by atoms with Crippen molar-refractivity contribution in [2.45, 2.75) is 26.3 Å². The predicted molar refractivity (Wildman–Crippen MR) is 104 cm³/mol. The lowest BCUT2D eigenvalue weighted by molar-refractivity contribution is 0.858. The molecule has 1 unspecified atom stereocenters. The van der Waals surface area contributed by atoms with Crippen LogP contribution in [-0.2, 0) is 0 Å². The molecule has 0 fully saturated rings. The average Bonchev–Trinajstić information content (AvgIpc) is 2.53. The van der Waals surface area contributed by atoms with Crippen molar-refractivity contribution in [1.82, 2.24) is 0 Å². The second-order valence-corrected chi connectivity index (χ2v) is 6.47. The molecule has 0 saturated heterocycles. The molecule has 0 aliphatic heterocycles. The van der Waals surface area contributed by atoms with Gasteiger partial charge in [0.1, 0.15) is 0 Å². The van der Waals surface area contributed by atoms with E-state index < -0.39 is 0 Å². The molecule has 1 aliphatic carbocycles. The highest BCUT2D eigenvalue weighted by atomic mass is 14.7. The van der Waals surface area contributed by atoms with Crippen LogP contribution in [0.15, 0.2) is 42.5 Å². The van der Waals surface area contributed by atoms with Crippen LogP contribution in [0.5, 0.6) is 0 Å². The van der Waals surface area contributed by atoms with Crippen LogP contribution in [0.4, 0.5) is 17.1 Å². The maximum atomic E-state index is 6.43. The molecular formula is C20H24N4. The maximum absolute atomic E-state index is 6.43. The molecule has 0 heterocycles. The minimum absolute atomic E-state index is 0.128. The van der Waals surface area contributed by atoms with Gasteiger partial charge in [-0.1, -0.05) is 36.4 Å². The summed E-state index contributed by atoms with van der Waals surface area (Å²) < 4.78 is 0. The average molecular weight is 320 g/mol. The molecule has 2 aromatic rings. The fourth-order valence-electron chi connectivity index (χ4n) is 3.19. The van der Waals surface area contributed by atoms with Crippen molar-refractivity contribution in [2.24, 2.45) is 5.73 Å². The van der Waals surface area contributed by atoms with Crippen molar-refractivity contribution >= 4 is 28.2 Å². The Morgan fingerprint density at radius 1 is 0.875 bits per heavy atom. The molecule has 0 bridgehead atoms. The molecule has 0 radical (unpaired) electrons. The number of allylic oxidation sites excluding steroid dienone is 2. The Bertz CT molecular complexity index is 862. The second-order valence-electron chi connectivity index (χ2n) is 6.47. The van der Waals surface area contributed by atoms with Gasteiger partial charge in [-0.25, -0.2) is 0 Å². The quantitative estimate of drug-likeness (QED) is 0.637. The lowest BCUT2D eigenvalue weighted by atomic mass is 9.85. The van der Waals surface area contributed by atoms with Gasteiger partial charge in [0, 0.05) is 22.9 Å². The summed E-state index contributed by atoms with van der Waals surface area (Å²) in [5.41, 5.74) is 33.1. The lowest BCUT2D eigenvalue weighted by Gasteiger charge is -2.24. The Morgan fingerprint density at radius 2 is 1.58 bits per heavy atom. The summed E-state index contributed by atoms with van der Waals surface area (Å²) in [6.07, 6.45) is 4.81. The smallest absolute Gasteiger partial charge is 0.0626 e. The van der Waals surface area contributed by atoms with E-state index >= 15 is 0 Å². The second kappa shape index (κ2) is 6.06. The van der Waals surface area contributed by atoms with Gasteiger partial charge in [-0.15, -0.1) is 0 Å². The molecule has 4 nitrogen and oxygen atoms in total. The van der Waals surface area contributed by atoms with Gasteiger partial charge in [-0.05, 0) is 48.6 Å². The molecule has 124 valence electrons. The molecule has 4 heteroatoms. The molecule has 0 saturated carbocycles. The number of rotatable bonds is 2. The minimum atomic E-state index is -0.128. The van der Waals surface area contributed by atoms with E-state index in [9.17, 15) is 0 Å². The van der Waals surface area contributed by atoms with Crippen LogP contribution < -0.4 is 22.9 Å². The van der Waals surface area contributed by atoms with Gasteiger partial charge in [0.15, 0.2) is 0 Å². The third kappa shape index (κ3) is 2.76. The number of aryl methyl sites for hydroxylation is 2. The number of nitrogens with two attached hydrogens (primary N) is 4. The largest absolute Gasteiger partial charge is 0.398 e. The first-order chi connectivity index (χ1) is 11.4. The Balaban J connectivity index is 2.02. The number of nitrogen functional groups attached to an aromatic ring is 3. The van der Waals surface area contributed by atoms with Crippen molar-refractivity contribution < 1.29 is 0 Å². The third-order valence-corrected chi connectivity index (χ3v) is 4.67. The molecule has 1 atom stereocenters. The van der Waals surface area contributed by atoms with E-state index in [2.05, 4.69) is 12.1 Å². The summed E-state index contributed by atoms with van der Waals surface area (Å²) in [7, 11) is 0. The summed E-state index contributed by atoms with van der Waals surface area (Å²) in [5, 5.41) is 0. The van der Waals surface area contributed by atoms with Gasteiger partial charge in [-0.2, -0.15) is 0 Å². The monoisotopic (exact) mass is 320 g/mol. The molecule has 0 aromatic heterocycles. The van der Waals surface area contributed by atoms with E-state index in [4.69, 9.17) is 22.9 Å². The zero-order chi connectivity index (χ0) is 17.4. The van der Waals surface area contributed by atoms with Crippen LogP contribution in [0.1, 0.15) is 28.7 Å². The van der Waals surface area contributed by atoms with Crippen LogP contribution >= 0.6 is 0 Å². The highest BCUT2D eigenvalue weighted by molar-refractivity contribution is 5.89. The van der Waals surface area contributed by atoms with Crippen molar-refractivity contribution in [3.8, 4) is 0 Å². The highest BCUT2D eigenvalue weighted by Crippen LogP contribution is 2.37. The Labute approximate surface area is 142 Å². The van der Waals surface area contributed by atoms with Gasteiger partial charge < -0.3 is 22.9 Å². The first-order valence-electron chi connectivity index (χ1n) is 8.06. The van der Waals surface area contributed by atoms with Gasteiger partial charge in [-0.3, -0.25) is 0 Å². The first-order valence-corrected chi connectivity index (χ1v) is 8.06. The lowest BCUT2D eigenvalue weighted by Crippen LogP contribution is -2.24. The summed E-state index contributed by atoms with van der Waals surface area (Å²) in [6.45, 7) is 3.98. The molecule has 2 aromatic carbocycles. The predicted octanol–water partition coefficient (Wildman–Crippen LogP) is 3.25. The van der Waals surface area contributed by atoms with Gasteiger partial charge >= 0.3 is 0 Å². The maximum Gasteiger partial charge on any atom is 0.0626 e. The molecule has 0 spiro atoms. The fourth-order valence-corrected chi connectivity index (χ4v) is 3.19. The third-order valence-electron chi connectivity index (χ3n) is 4.67. The van der Waals surface area contributed by atoms with Crippen LogP contribution in [0.3, 0.4) is 0 Å². The van der Waals surface area contributed by atoms with E-state index in [-0.39, 0.29) is 6.04 Å². The molecule has 24 heavy (non-hydrogen) atoms. The van der Waals surface area contributed by atoms with Crippen molar-refractivity contribution in [3.05, 3.63) is 64.7 Å². The standard InChI is InChI=1S/C20H24N4/c1-11-3-6-15(17(21)9-11)16-8-5-13(10-18(16)22)14-7-4-12(2)19(23)20(14)24/h3-9,18H,10,21-24H2,1-2H3. The van der Waals surface area contributed by atoms with Gasteiger partial charge in [0.2, 0.25) is 0 Å². The molecule has 1 aliphatic rings. The number of anilines is 3. The molecule has 3 rings (SSSR count). The van der Waals surface area contributed by atoms with E-state index in [0.29, 0.717) is 17.8 Å². The number of hydrogen-bond acceptors (Lipinski definition) is 4. The first kappa shape index (κ1) is 16.1. The normalized spacial score (nSPS) is 17.4. The number of hydrogen-bond donors (Lipinski definition) is 4. The van der Waals surface area contributed by atoms with Gasteiger partial charge in [0.05, 0.1) is 11.4 Å². The van der Waals surface area contributed by atoms with Crippen molar-refractivity contribution in [2.75, 3.05) is 17.2 Å². The van der Waals surface area contributed by atoms with Crippen molar-refractivity contribution in [3.63, 3.8) is 0 Å². The van der Waals surface area contributed by atoms with E-state index in [1.54, 1.807) is 0 Å². The van der Waals surface area contributed by atoms with Crippen LogP contribution in [0.2, 0.25) is 0 Å². The van der Waals surface area contributed by atoms with Crippen LogP contribution in [-0.4, -0.2) is 6.04 Å². The van der Waals surface area contributed by atoms with E-state index in [1.807, 2.05) is 44.2 Å². The van der Waals surface area contributed by atoms with Crippen molar-refractivity contribution in [1.29, 1.82) is 0 Å². The van der Waals surface area contributed by atoms with E-state index in [1.165, 1.54) is 0 Å². The Morgan fingerprint density at radius 3 is 2.25 bits per heavy atom. The summed E-state index contributed by atoms with van der Waals surface area (Å²) in [6, 6.07) is 9.94. The van der Waals surface area contributed by atoms with Gasteiger partial charge in [0.25, 0.3) is 0 Å². The number of benzene rings is 2. The topological polar surface area (TPSA) is 104 Å². The van der Waals surface area contributed by atoms with E-state index in [0.717, 1.165) is 39.1 Å². The zero-order valence-electron chi connectivity index (χ0n) is 14.1. The zero-order valence-corrected chi connectivity index (χ0v) is 14.1. The summed E-state index contributed by atoms with van der Waals surface area (Å²) in [5.74, 6) is 0. The summed E-state index contributed by atoms with van der Waals surface area (Å²) in [4.78, 5) is 0. The highest BCUT2D eigenvalue weighted by Gasteiger charge is 2.21. The Kier molecular flexibility index (Phi) is 4.08.